The Morgan fingerprint density at radius 1 is 0.574 bits per heavy atom. The molecule has 0 unspecified atom stereocenters. The summed E-state index contributed by atoms with van der Waals surface area (Å²) < 4.78 is 17.1. The van der Waals surface area contributed by atoms with Crippen LogP contribution in [0.1, 0.15) is 207 Å². The molecule has 278 valence electrons. The third-order valence-corrected chi connectivity index (χ3v) is 9.09. The molecule has 0 fully saturated rings. The molecule has 0 bridgehead atoms. The fourth-order valence-electron chi connectivity index (χ4n) is 6.04. The molecule has 0 saturated carbocycles. The van der Waals surface area contributed by atoms with Crippen LogP contribution in [0.25, 0.3) is 0 Å². The second-order valence-electron chi connectivity index (χ2n) is 13.8. The fourth-order valence-corrected chi connectivity index (χ4v) is 6.04. The maximum Gasteiger partial charge on any atom is 0.306 e. The van der Waals surface area contributed by atoms with Gasteiger partial charge in [-0.05, 0) is 31.8 Å². The van der Waals surface area contributed by atoms with Gasteiger partial charge in [-0.25, -0.2) is 0 Å². The van der Waals surface area contributed by atoms with E-state index >= 15 is 0 Å². The van der Waals surface area contributed by atoms with E-state index in [0.717, 1.165) is 38.5 Å². The monoisotopic (exact) mass is 666 g/mol. The van der Waals surface area contributed by atoms with Gasteiger partial charge in [-0.15, -0.1) is 0 Å². The molecule has 0 spiro atoms. The fraction of sp³-hybridized carbons (Fsp3) is 0.902. The summed E-state index contributed by atoms with van der Waals surface area (Å²) in [5.41, 5.74) is 0. The number of hydrogen-bond acceptors (Lipinski definition) is 5. The minimum Gasteiger partial charge on any atom is -0.505 e. The van der Waals surface area contributed by atoms with Crippen LogP contribution in [0, 0.1) is 0 Å². The van der Waals surface area contributed by atoms with E-state index in [9.17, 15) is 9.59 Å². The van der Waals surface area contributed by atoms with Crippen molar-refractivity contribution in [2.75, 3.05) is 20.3 Å². The Bertz CT molecular complexity index is 697. The number of unbranched alkanes of at least 4 members (excludes halogenated alkanes) is 22. The molecule has 0 aromatic rings. The maximum absolute atomic E-state index is 12.7. The van der Waals surface area contributed by atoms with Gasteiger partial charge in [-0.3, -0.25) is 9.59 Å². The Labute approximate surface area is 292 Å². The summed E-state index contributed by atoms with van der Waals surface area (Å²) in [5.74, 6) is -0.00673. The first-order chi connectivity index (χ1) is 23.1. The number of hydrogen-bond donors (Lipinski definition) is 1. The van der Waals surface area contributed by atoms with E-state index in [0.29, 0.717) is 32.5 Å². The lowest BCUT2D eigenvalue weighted by Crippen LogP contribution is -2.37. The van der Waals surface area contributed by atoms with Gasteiger partial charge in [0.1, 0.15) is 6.10 Å². The highest BCUT2D eigenvalue weighted by Gasteiger charge is 2.16. The lowest BCUT2D eigenvalue weighted by atomic mass is 10.1. The first-order valence-corrected chi connectivity index (χ1v) is 20.3. The van der Waals surface area contributed by atoms with Crippen LogP contribution in [-0.2, 0) is 23.8 Å². The molecule has 0 aliphatic carbocycles. The first kappa shape index (κ1) is 45.4. The molecular weight excluding hydrogens is 586 g/mol. The molecule has 6 heteroatoms. The Morgan fingerprint density at radius 3 is 1.51 bits per heavy atom. The summed E-state index contributed by atoms with van der Waals surface area (Å²) in [5, 5.41) is 3.10. The number of esters is 1. The van der Waals surface area contributed by atoms with Crippen molar-refractivity contribution in [1.82, 2.24) is 5.32 Å². The van der Waals surface area contributed by atoms with Gasteiger partial charge in [-0.1, -0.05) is 162 Å². The standard InChI is InChI=1S/C41H79NO5/c1-5-8-11-14-16-18-19-21-22-25-28-31-40(43)42-38(33-35-45-4)37-46-36-34-39(30-27-24-13-10-7-3)47-41(44)32-29-26-23-20-17-15-12-9-6-2/h33,35,38-39H,5-32,34,36-37H2,1-4H3,(H,42,43)/b35-33-/t38-,39+/m0/s1. The molecule has 0 radical (unpaired) electrons. The summed E-state index contributed by atoms with van der Waals surface area (Å²) in [7, 11) is 1.61. The smallest absolute Gasteiger partial charge is 0.306 e. The van der Waals surface area contributed by atoms with Crippen LogP contribution in [0.15, 0.2) is 12.3 Å². The Balaban J connectivity index is 4.37. The molecule has 0 aliphatic heterocycles. The van der Waals surface area contributed by atoms with Gasteiger partial charge in [0.25, 0.3) is 0 Å². The van der Waals surface area contributed by atoms with E-state index in [2.05, 4.69) is 26.1 Å². The third-order valence-electron chi connectivity index (χ3n) is 9.09. The normalized spacial score (nSPS) is 12.8. The average Bonchev–Trinajstić information content (AvgIpc) is 3.06. The second-order valence-corrected chi connectivity index (χ2v) is 13.8. The summed E-state index contributed by atoms with van der Waals surface area (Å²) in [6.45, 7) is 7.61. The van der Waals surface area contributed by atoms with Gasteiger partial charge in [-0.2, -0.15) is 0 Å². The van der Waals surface area contributed by atoms with Crippen molar-refractivity contribution in [3.63, 3.8) is 0 Å². The van der Waals surface area contributed by atoms with Crippen LogP contribution in [0.2, 0.25) is 0 Å². The van der Waals surface area contributed by atoms with Crippen molar-refractivity contribution < 1.29 is 23.8 Å². The van der Waals surface area contributed by atoms with E-state index in [-0.39, 0.29) is 24.0 Å². The van der Waals surface area contributed by atoms with Crippen molar-refractivity contribution >= 4 is 11.9 Å². The van der Waals surface area contributed by atoms with Crippen molar-refractivity contribution in [2.45, 2.75) is 219 Å². The summed E-state index contributed by atoms with van der Waals surface area (Å²) in [6.07, 6.45) is 37.1. The zero-order valence-corrected chi connectivity index (χ0v) is 31.8. The van der Waals surface area contributed by atoms with Gasteiger partial charge < -0.3 is 19.5 Å². The second kappa shape index (κ2) is 37.3. The zero-order valence-electron chi connectivity index (χ0n) is 31.8. The quantitative estimate of drug-likeness (QED) is 0.0406. The Morgan fingerprint density at radius 2 is 1.02 bits per heavy atom. The number of carbonyl (C=O) groups is 2. The van der Waals surface area contributed by atoms with Crippen molar-refractivity contribution in [2.24, 2.45) is 0 Å². The lowest BCUT2D eigenvalue weighted by molar-refractivity contribution is -0.150. The molecule has 1 amide bonds. The van der Waals surface area contributed by atoms with Crippen LogP contribution >= 0.6 is 0 Å². The minimum atomic E-state index is -0.239. The summed E-state index contributed by atoms with van der Waals surface area (Å²) in [6, 6.07) is -0.239. The molecule has 0 aliphatic rings. The van der Waals surface area contributed by atoms with Gasteiger partial charge in [0.2, 0.25) is 5.91 Å². The number of rotatable bonds is 37. The summed E-state index contributed by atoms with van der Waals surface area (Å²) in [4.78, 5) is 25.3. The van der Waals surface area contributed by atoms with Crippen molar-refractivity contribution in [1.29, 1.82) is 0 Å². The Hall–Kier alpha value is -1.56. The van der Waals surface area contributed by atoms with Gasteiger partial charge in [0.15, 0.2) is 0 Å². The molecule has 47 heavy (non-hydrogen) atoms. The minimum absolute atomic E-state index is 0.0608. The molecule has 1 N–H and O–H groups in total. The number of ether oxygens (including phenoxy) is 3. The number of methoxy groups -OCH3 is 1. The van der Waals surface area contributed by atoms with Crippen molar-refractivity contribution in [3.05, 3.63) is 12.3 Å². The van der Waals surface area contributed by atoms with Gasteiger partial charge >= 0.3 is 5.97 Å². The van der Waals surface area contributed by atoms with Crippen LogP contribution in [0.4, 0.5) is 0 Å². The largest absolute Gasteiger partial charge is 0.505 e. The molecular formula is C41H79NO5. The van der Waals surface area contributed by atoms with Gasteiger partial charge in [0.05, 0.1) is 32.6 Å². The van der Waals surface area contributed by atoms with Crippen LogP contribution < -0.4 is 5.32 Å². The Kier molecular flexibility index (Phi) is 36.0. The molecule has 6 nitrogen and oxygen atoms in total. The molecule has 0 aromatic carbocycles. The number of carbonyl (C=O) groups excluding carboxylic acids is 2. The molecule has 0 saturated heterocycles. The van der Waals surface area contributed by atoms with E-state index in [1.165, 1.54) is 128 Å². The topological polar surface area (TPSA) is 73.9 Å². The number of amides is 1. The highest BCUT2D eigenvalue weighted by atomic mass is 16.5. The van der Waals surface area contributed by atoms with Crippen LogP contribution in [0.3, 0.4) is 0 Å². The molecule has 0 aromatic heterocycles. The first-order valence-electron chi connectivity index (χ1n) is 20.3. The van der Waals surface area contributed by atoms with E-state index in [1.807, 2.05) is 6.08 Å². The van der Waals surface area contributed by atoms with E-state index < -0.39 is 0 Å². The SMILES string of the molecule is CCCCCCCCCCCCCC(=O)N[C@@H](/C=C\OC)COCC[C@@H](CCCCCCC)OC(=O)CCCCCCCCCCC. The highest BCUT2D eigenvalue weighted by Crippen LogP contribution is 2.16. The predicted octanol–water partition coefficient (Wildman–Crippen LogP) is 11.9. The maximum atomic E-state index is 12.7. The van der Waals surface area contributed by atoms with Gasteiger partial charge in [0, 0.05) is 19.3 Å². The van der Waals surface area contributed by atoms with Crippen LogP contribution in [0.5, 0.6) is 0 Å². The van der Waals surface area contributed by atoms with Crippen LogP contribution in [-0.4, -0.2) is 44.3 Å². The third kappa shape index (κ3) is 34.1. The molecule has 0 rings (SSSR count). The number of nitrogens with one attached hydrogen (secondary N) is 1. The molecule has 0 heterocycles. The average molecular weight is 666 g/mol. The lowest BCUT2D eigenvalue weighted by Gasteiger charge is -2.20. The van der Waals surface area contributed by atoms with E-state index in [4.69, 9.17) is 14.2 Å². The predicted molar refractivity (Wildman–Crippen MR) is 200 cm³/mol. The zero-order chi connectivity index (χ0) is 34.5. The van der Waals surface area contributed by atoms with Crippen molar-refractivity contribution in [3.8, 4) is 0 Å². The van der Waals surface area contributed by atoms with E-state index in [1.54, 1.807) is 13.4 Å². The molecule has 2 atom stereocenters. The summed E-state index contributed by atoms with van der Waals surface area (Å²) >= 11 is 0. The highest BCUT2D eigenvalue weighted by molar-refractivity contribution is 5.76.